The molecule has 146 valence electrons. The van der Waals surface area contributed by atoms with Gasteiger partial charge in [-0.3, -0.25) is 4.90 Å². The maximum Gasteiger partial charge on any atom is 0.317 e. The maximum atomic E-state index is 12.4. The number of aromatic nitrogens is 2. The number of hydrogen-bond donors (Lipinski definition) is 1. The summed E-state index contributed by atoms with van der Waals surface area (Å²) in [6, 6.07) is 18.7. The second-order valence-corrected chi connectivity index (χ2v) is 7.26. The molecule has 0 atom stereocenters. The molecule has 6 heteroatoms. The summed E-state index contributed by atoms with van der Waals surface area (Å²) in [5.74, 6) is 0. The van der Waals surface area contributed by atoms with Crippen LogP contribution in [0.2, 0.25) is 0 Å². The Morgan fingerprint density at radius 2 is 1.71 bits per heavy atom. The van der Waals surface area contributed by atoms with Crippen LogP contribution in [-0.4, -0.2) is 58.1 Å². The van der Waals surface area contributed by atoms with Crippen molar-refractivity contribution in [2.24, 2.45) is 0 Å². The highest BCUT2D eigenvalue weighted by Crippen LogP contribution is 2.12. The van der Waals surface area contributed by atoms with E-state index in [0.29, 0.717) is 6.54 Å². The molecule has 1 saturated heterocycles. The number of fused-ring (bicyclic) bond motifs is 1. The van der Waals surface area contributed by atoms with E-state index >= 15 is 0 Å². The number of nitrogens with zero attached hydrogens (tertiary/aromatic N) is 4. The van der Waals surface area contributed by atoms with Crippen molar-refractivity contribution in [2.45, 2.75) is 19.5 Å². The Balaban J connectivity index is 1.17. The number of aryl methyl sites for hydroxylation is 1. The van der Waals surface area contributed by atoms with Crippen LogP contribution >= 0.6 is 0 Å². The van der Waals surface area contributed by atoms with Crippen LogP contribution in [-0.2, 0) is 13.1 Å². The number of urea groups is 1. The topological polar surface area (TPSA) is 53.4 Å². The van der Waals surface area contributed by atoms with Gasteiger partial charge in [-0.25, -0.2) is 9.78 Å². The second-order valence-electron chi connectivity index (χ2n) is 7.26. The van der Waals surface area contributed by atoms with Crippen LogP contribution in [0, 0.1) is 0 Å². The molecular formula is C22H27N5O. The third-order valence-corrected chi connectivity index (χ3v) is 5.29. The van der Waals surface area contributed by atoms with Gasteiger partial charge in [0.15, 0.2) is 0 Å². The molecule has 4 rings (SSSR count). The standard InChI is InChI=1S/C22H27N5O/c28-22(23-11-6-12-27-18-24-20-9-4-5-10-21(20)27)26-15-13-25(14-16-26)17-19-7-2-1-3-8-19/h1-5,7-10,18H,6,11-17H2,(H,23,28). The van der Waals surface area contributed by atoms with Crippen molar-refractivity contribution in [3.63, 3.8) is 0 Å². The Morgan fingerprint density at radius 3 is 2.54 bits per heavy atom. The third-order valence-electron chi connectivity index (χ3n) is 5.29. The highest BCUT2D eigenvalue weighted by molar-refractivity contribution is 5.75. The summed E-state index contributed by atoms with van der Waals surface area (Å²) in [5.41, 5.74) is 3.48. The van der Waals surface area contributed by atoms with Gasteiger partial charge in [-0.2, -0.15) is 0 Å². The molecule has 0 aliphatic carbocycles. The van der Waals surface area contributed by atoms with Crippen LogP contribution in [0.15, 0.2) is 60.9 Å². The first-order valence-electron chi connectivity index (χ1n) is 9.98. The zero-order valence-electron chi connectivity index (χ0n) is 16.1. The molecule has 0 spiro atoms. The van der Waals surface area contributed by atoms with Gasteiger partial charge in [-0.05, 0) is 24.1 Å². The number of hydrogen-bond acceptors (Lipinski definition) is 3. The van der Waals surface area contributed by atoms with Gasteiger partial charge in [0, 0.05) is 45.8 Å². The number of para-hydroxylation sites is 2. The Labute approximate surface area is 165 Å². The van der Waals surface area contributed by atoms with E-state index in [1.807, 2.05) is 35.5 Å². The quantitative estimate of drug-likeness (QED) is 0.672. The minimum absolute atomic E-state index is 0.0508. The Bertz CT molecular complexity index is 899. The number of imidazole rings is 1. The summed E-state index contributed by atoms with van der Waals surface area (Å²) in [7, 11) is 0. The average molecular weight is 377 g/mol. The fourth-order valence-electron chi connectivity index (χ4n) is 3.70. The van der Waals surface area contributed by atoms with E-state index in [-0.39, 0.29) is 6.03 Å². The van der Waals surface area contributed by atoms with Crippen molar-refractivity contribution >= 4 is 17.1 Å². The van der Waals surface area contributed by atoms with Gasteiger partial charge in [0.1, 0.15) is 0 Å². The highest BCUT2D eigenvalue weighted by Gasteiger charge is 2.20. The predicted molar refractivity (Wildman–Crippen MR) is 111 cm³/mol. The van der Waals surface area contributed by atoms with Crippen molar-refractivity contribution in [3.8, 4) is 0 Å². The molecule has 1 aliphatic heterocycles. The molecule has 0 radical (unpaired) electrons. The van der Waals surface area contributed by atoms with Crippen LogP contribution in [0.5, 0.6) is 0 Å². The van der Waals surface area contributed by atoms with Crippen molar-refractivity contribution < 1.29 is 4.79 Å². The second kappa shape index (κ2) is 8.89. The first-order chi connectivity index (χ1) is 13.8. The van der Waals surface area contributed by atoms with Gasteiger partial charge in [0.05, 0.1) is 17.4 Å². The van der Waals surface area contributed by atoms with Gasteiger partial charge in [-0.1, -0.05) is 42.5 Å². The fourth-order valence-corrected chi connectivity index (χ4v) is 3.70. The van der Waals surface area contributed by atoms with E-state index in [0.717, 1.165) is 56.7 Å². The molecule has 1 aromatic heterocycles. The molecule has 0 bridgehead atoms. The summed E-state index contributed by atoms with van der Waals surface area (Å²) in [4.78, 5) is 21.2. The van der Waals surface area contributed by atoms with Crippen molar-refractivity contribution in [1.82, 2.24) is 24.7 Å². The molecule has 0 unspecified atom stereocenters. The van der Waals surface area contributed by atoms with E-state index < -0.39 is 0 Å². The number of carbonyl (C=O) groups is 1. The molecule has 6 nitrogen and oxygen atoms in total. The molecule has 1 aliphatic rings. The Morgan fingerprint density at radius 1 is 0.964 bits per heavy atom. The van der Waals surface area contributed by atoms with Crippen LogP contribution in [0.3, 0.4) is 0 Å². The summed E-state index contributed by atoms with van der Waals surface area (Å²) in [5, 5.41) is 3.06. The van der Waals surface area contributed by atoms with E-state index in [2.05, 4.69) is 50.1 Å². The zero-order chi connectivity index (χ0) is 19.2. The van der Waals surface area contributed by atoms with Crippen LogP contribution in [0.25, 0.3) is 11.0 Å². The molecule has 1 fully saturated rings. The predicted octanol–water partition coefficient (Wildman–Crippen LogP) is 2.95. The molecule has 2 amide bonds. The lowest BCUT2D eigenvalue weighted by molar-refractivity contribution is 0.135. The van der Waals surface area contributed by atoms with Gasteiger partial charge < -0.3 is 14.8 Å². The number of nitrogens with one attached hydrogen (secondary N) is 1. The number of piperazine rings is 1. The fraction of sp³-hybridized carbons (Fsp3) is 0.364. The lowest BCUT2D eigenvalue weighted by Gasteiger charge is -2.34. The molecule has 1 N–H and O–H groups in total. The van der Waals surface area contributed by atoms with Crippen LogP contribution < -0.4 is 5.32 Å². The van der Waals surface area contributed by atoms with Crippen molar-refractivity contribution in [3.05, 3.63) is 66.5 Å². The SMILES string of the molecule is O=C(NCCCn1cnc2ccccc21)N1CCN(Cc2ccccc2)CC1. The Kier molecular flexibility index (Phi) is 5.87. The molecule has 2 heterocycles. The first-order valence-corrected chi connectivity index (χ1v) is 9.98. The summed E-state index contributed by atoms with van der Waals surface area (Å²) in [6.45, 7) is 5.89. The van der Waals surface area contributed by atoms with Crippen molar-refractivity contribution in [2.75, 3.05) is 32.7 Å². The number of carbonyl (C=O) groups excluding carboxylic acids is 1. The highest BCUT2D eigenvalue weighted by atomic mass is 16.2. The van der Waals surface area contributed by atoms with Crippen molar-refractivity contribution in [1.29, 1.82) is 0 Å². The number of benzene rings is 2. The number of rotatable bonds is 6. The van der Waals surface area contributed by atoms with Crippen LogP contribution in [0.1, 0.15) is 12.0 Å². The van der Waals surface area contributed by atoms with E-state index in [9.17, 15) is 4.79 Å². The minimum Gasteiger partial charge on any atom is -0.338 e. The normalized spacial score (nSPS) is 15.1. The Hall–Kier alpha value is -2.86. The molecule has 28 heavy (non-hydrogen) atoms. The zero-order valence-corrected chi connectivity index (χ0v) is 16.1. The largest absolute Gasteiger partial charge is 0.338 e. The maximum absolute atomic E-state index is 12.4. The average Bonchev–Trinajstić information content (AvgIpc) is 3.15. The molecular weight excluding hydrogens is 350 g/mol. The van der Waals surface area contributed by atoms with Gasteiger partial charge in [0.25, 0.3) is 0 Å². The van der Waals surface area contributed by atoms with Gasteiger partial charge in [-0.15, -0.1) is 0 Å². The molecule has 2 aromatic carbocycles. The lowest BCUT2D eigenvalue weighted by atomic mass is 10.2. The minimum atomic E-state index is 0.0508. The summed E-state index contributed by atoms with van der Waals surface area (Å²) in [6.07, 6.45) is 2.76. The third kappa shape index (κ3) is 4.51. The lowest BCUT2D eigenvalue weighted by Crippen LogP contribution is -2.51. The molecule has 0 saturated carbocycles. The van der Waals surface area contributed by atoms with Gasteiger partial charge >= 0.3 is 6.03 Å². The first kappa shape index (κ1) is 18.5. The van der Waals surface area contributed by atoms with E-state index in [1.165, 1.54) is 5.56 Å². The number of amides is 2. The van der Waals surface area contributed by atoms with Crippen LogP contribution in [0.4, 0.5) is 4.79 Å². The van der Waals surface area contributed by atoms with E-state index in [1.54, 1.807) is 0 Å². The summed E-state index contributed by atoms with van der Waals surface area (Å²) < 4.78 is 2.14. The smallest absolute Gasteiger partial charge is 0.317 e. The van der Waals surface area contributed by atoms with E-state index in [4.69, 9.17) is 0 Å². The molecule has 3 aromatic rings. The monoisotopic (exact) mass is 377 g/mol. The van der Waals surface area contributed by atoms with Gasteiger partial charge in [0.2, 0.25) is 0 Å². The summed E-state index contributed by atoms with van der Waals surface area (Å²) >= 11 is 0.